The van der Waals surface area contributed by atoms with Gasteiger partial charge < -0.3 is 8.98 Å². The van der Waals surface area contributed by atoms with Crippen LogP contribution >= 0.6 is 0 Å². The van der Waals surface area contributed by atoms with E-state index in [0.29, 0.717) is 17.5 Å². The van der Waals surface area contributed by atoms with Gasteiger partial charge in [0.15, 0.2) is 23.1 Å². The fourth-order valence-electron chi connectivity index (χ4n) is 10.1. The zero-order valence-corrected chi connectivity index (χ0v) is 34.3. The Balaban J connectivity index is 1.13. The summed E-state index contributed by atoms with van der Waals surface area (Å²) in [5.74, 6) is 1.75. The smallest absolute Gasteiger partial charge is 0.166 e. The molecule has 3 heterocycles. The van der Waals surface area contributed by atoms with E-state index in [1.807, 2.05) is 18.2 Å². The lowest BCUT2D eigenvalue weighted by molar-refractivity contribution is 0.667. The molecule has 0 N–H and O–H groups in total. The van der Waals surface area contributed by atoms with E-state index in [1.165, 1.54) is 21.5 Å². The highest BCUT2D eigenvalue weighted by atomic mass is 16.3. The van der Waals surface area contributed by atoms with Crippen molar-refractivity contribution < 1.29 is 4.42 Å². The summed E-state index contributed by atoms with van der Waals surface area (Å²) in [5, 5.41) is 16.1. The summed E-state index contributed by atoms with van der Waals surface area (Å²) in [6, 6.07) is 73.4. The van der Waals surface area contributed by atoms with E-state index in [9.17, 15) is 0 Å². The van der Waals surface area contributed by atoms with Crippen molar-refractivity contribution in [2.45, 2.75) is 0 Å². The van der Waals surface area contributed by atoms with Gasteiger partial charge in [-0.3, -0.25) is 0 Å². The van der Waals surface area contributed by atoms with Crippen LogP contribution in [0, 0.1) is 0 Å². The third-order valence-electron chi connectivity index (χ3n) is 13.1. The van der Waals surface area contributed by atoms with Gasteiger partial charge in [0.05, 0.1) is 11.0 Å². The second-order valence-corrected chi connectivity index (χ2v) is 16.8. The minimum absolute atomic E-state index is 0.556. The number of hydrogen-bond acceptors (Lipinski definition) is 4. The van der Waals surface area contributed by atoms with E-state index < -0.39 is 0 Å². The summed E-state index contributed by atoms with van der Waals surface area (Å²) in [7, 11) is 0. The lowest BCUT2D eigenvalue weighted by Crippen LogP contribution is -2.04. The maximum atomic E-state index is 7.20. The molecule has 0 radical (unpaired) electrons. The summed E-state index contributed by atoms with van der Waals surface area (Å²) in [6.07, 6.45) is 0. The largest absolute Gasteiger partial charge is 0.454 e. The molecular formula is C59H34N4O. The van der Waals surface area contributed by atoms with Crippen LogP contribution in [-0.2, 0) is 0 Å². The molecule has 0 bridgehead atoms. The summed E-state index contributed by atoms with van der Waals surface area (Å²) >= 11 is 0. The van der Waals surface area contributed by atoms with Gasteiger partial charge in [0.25, 0.3) is 0 Å². The Hall–Kier alpha value is -8.67. The minimum atomic E-state index is 0.556. The quantitative estimate of drug-likeness (QED) is 0.166. The molecule has 0 spiro atoms. The molecular weight excluding hydrogens is 781 g/mol. The third kappa shape index (κ3) is 5.22. The fourth-order valence-corrected chi connectivity index (χ4v) is 10.1. The summed E-state index contributed by atoms with van der Waals surface area (Å²) < 4.78 is 9.62. The molecule has 0 aliphatic heterocycles. The SMILES string of the molecule is c1ccc(-c2nc(-c3ccc4c(ccc5ccccc54)c3)nc(-c3ccc4c(oc5cc6ccccc6cc54)c3-n3c4cc5ccccc5cc4c4ccc5ccccc5c43)n2)cc1. The van der Waals surface area contributed by atoms with Crippen LogP contribution in [0.2, 0.25) is 0 Å². The Morgan fingerprint density at radius 2 is 0.875 bits per heavy atom. The van der Waals surface area contributed by atoms with Crippen molar-refractivity contribution in [3.05, 3.63) is 206 Å². The summed E-state index contributed by atoms with van der Waals surface area (Å²) in [6.45, 7) is 0. The van der Waals surface area contributed by atoms with Crippen LogP contribution in [0.25, 0.3) is 137 Å². The van der Waals surface area contributed by atoms with Gasteiger partial charge in [0, 0.05) is 43.6 Å². The maximum Gasteiger partial charge on any atom is 0.166 e. The Bertz CT molecular complexity index is 4260. The Morgan fingerprint density at radius 3 is 1.66 bits per heavy atom. The predicted molar refractivity (Wildman–Crippen MR) is 265 cm³/mol. The first-order chi connectivity index (χ1) is 31.7. The van der Waals surface area contributed by atoms with Crippen molar-refractivity contribution in [3.8, 4) is 39.9 Å². The maximum absolute atomic E-state index is 7.20. The zero-order valence-electron chi connectivity index (χ0n) is 34.3. The van der Waals surface area contributed by atoms with Gasteiger partial charge in [-0.25, -0.2) is 15.0 Å². The highest BCUT2D eigenvalue weighted by Crippen LogP contribution is 2.45. The number of nitrogens with zero attached hydrogens (tertiary/aromatic N) is 4. The average molecular weight is 815 g/mol. The lowest BCUT2D eigenvalue weighted by Gasteiger charge is -2.16. The van der Waals surface area contributed by atoms with Gasteiger partial charge in [0.2, 0.25) is 0 Å². The Morgan fingerprint density at radius 1 is 0.328 bits per heavy atom. The third-order valence-corrected chi connectivity index (χ3v) is 13.1. The molecule has 14 rings (SSSR count). The highest BCUT2D eigenvalue weighted by molar-refractivity contribution is 6.23. The molecule has 296 valence electrons. The van der Waals surface area contributed by atoms with Gasteiger partial charge in [0.1, 0.15) is 11.3 Å². The van der Waals surface area contributed by atoms with Crippen LogP contribution in [0.4, 0.5) is 0 Å². The first-order valence-electron chi connectivity index (χ1n) is 21.7. The molecule has 0 fully saturated rings. The molecule has 5 nitrogen and oxygen atoms in total. The van der Waals surface area contributed by atoms with Crippen LogP contribution in [0.5, 0.6) is 0 Å². The van der Waals surface area contributed by atoms with Crippen molar-refractivity contribution >= 4 is 97.6 Å². The molecule has 64 heavy (non-hydrogen) atoms. The normalized spacial score (nSPS) is 12.1. The Labute approximate surface area is 366 Å². The van der Waals surface area contributed by atoms with Crippen LogP contribution in [0.15, 0.2) is 211 Å². The number of benzene rings is 11. The minimum Gasteiger partial charge on any atom is -0.454 e. The summed E-state index contributed by atoms with van der Waals surface area (Å²) in [4.78, 5) is 16.0. The second kappa shape index (κ2) is 13.4. The molecule has 0 unspecified atom stereocenters. The van der Waals surface area contributed by atoms with E-state index in [0.717, 1.165) is 98.4 Å². The monoisotopic (exact) mass is 814 g/mol. The molecule has 0 aliphatic rings. The zero-order chi connectivity index (χ0) is 41.9. The predicted octanol–water partition coefficient (Wildman–Crippen LogP) is 15.6. The van der Waals surface area contributed by atoms with Gasteiger partial charge >= 0.3 is 0 Å². The standard InChI is InChI=1S/C59H34N4O/c1-2-14-37(15-3-1)57-60-58(43-25-26-45-42(30-43)23-22-35-12-8-10-20-44(35)45)62-59(61-57)49-29-28-48-51-32-39-17-5-7-19-41(39)34-53(51)64-56(48)55(49)63-52-33-40-18-6-4-16-38(40)31-50(52)47-27-24-36-13-9-11-21-46(36)54(47)63/h1-34H. The van der Waals surface area contributed by atoms with Crippen LogP contribution in [0.3, 0.4) is 0 Å². The van der Waals surface area contributed by atoms with Crippen molar-refractivity contribution in [1.29, 1.82) is 0 Å². The van der Waals surface area contributed by atoms with Gasteiger partial charge in [-0.2, -0.15) is 0 Å². The van der Waals surface area contributed by atoms with E-state index in [2.05, 4.69) is 193 Å². The lowest BCUT2D eigenvalue weighted by atomic mass is 10.00. The van der Waals surface area contributed by atoms with Crippen molar-refractivity contribution in [2.75, 3.05) is 0 Å². The van der Waals surface area contributed by atoms with Crippen molar-refractivity contribution in [2.24, 2.45) is 0 Å². The van der Waals surface area contributed by atoms with Gasteiger partial charge in [-0.1, -0.05) is 164 Å². The molecule has 5 heteroatoms. The van der Waals surface area contributed by atoms with Crippen LogP contribution in [0.1, 0.15) is 0 Å². The molecule has 11 aromatic carbocycles. The number of fused-ring (bicyclic) bond motifs is 13. The van der Waals surface area contributed by atoms with E-state index in [1.54, 1.807) is 0 Å². The topological polar surface area (TPSA) is 56.7 Å². The van der Waals surface area contributed by atoms with Crippen LogP contribution < -0.4 is 0 Å². The number of rotatable bonds is 4. The van der Waals surface area contributed by atoms with Gasteiger partial charge in [-0.15, -0.1) is 0 Å². The number of furan rings is 1. The second-order valence-electron chi connectivity index (χ2n) is 16.8. The van der Waals surface area contributed by atoms with Crippen molar-refractivity contribution in [1.82, 2.24) is 19.5 Å². The summed E-state index contributed by atoms with van der Waals surface area (Å²) in [5.41, 5.74) is 7.30. The molecule has 0 saturated heterocycles. The molecule has 3 aromatic heterocycles. The van der Waals surface area contributed by atoms with Crippen LogP contribution in [-0.4, -0.2) is 19.5 Å². The molecule has 0 aliphatic carbocycles. The van der Waals surface area contributed by atoms with E-state index >= 15 is 0 Å². The Kier molecular flexibility index (Phi) is 7.33. The molecule has 14 aromatic rings. The average Bonchev–Trinajstić information content (AvgIpc) is 3.89. The molecule has 0 amide bonds. The first-order valence-corrected chi connectivity index (χ1v) is 21.7. The molecule has 0 saturated carbocycles. The number of hydrogen-bond donors (Lipinski definition) is 0. The molecule has 0 atom stereocenters. The fraction of sp³-hybridized carbons (Fsp3) is 0. The number of aromatic nitrogens is 4. The first kappa shape index (κ1) is 35.0. The van der Waals surface area contributed by atoms with E-state index in [4.69, 9.17) is 19.4 Å². The van der Waals surface area contributed by atoms with Gasteiger partial charge in [-0.05, 0) is 90.9 Å². The van der Waals surface area contributed by atoms with Crippen molar-refractivity contribution in [3.63, 3.8) is 0 Å². The van der Waals surface area contributed by atoms with E-state index in [-0.39, 0.29) is 0 Å². The highest BCUT2D eigenvalue weighted by Gasteiger charge is 2.26.